The van der Waals surface area contributed by atoms with Gasteiger partial charge in [0.15, 0.2) is 5.96 Å². The summed E-state index contributed by atoms with van der Waals surface area (Å²) in [5, 5.41) is 7.75. The van der Waals surface area contributed by atoms with Gasteiger partial charge in [0.2, 0.25) is 0 Å². The zero-order chi connectivity index (χ0) is 19.1. The average molecular weight is 403 g/mol. The van der Waals surface area contributed by atoms with Crippen LogP contribution in [-0.2, 0) is 13.0 Å². The van der Waals surface area contributed by atoms with Crippen molar-refractivity contribution in [2.75, 3.05) is 13.6 Å². The maximum absolute atomic E-state index is 12.5. The predicted molar refractivity (Wildman–Crippen MR) is 102 cm³/mol. The Hall–Kier alpha value is -1.93. The molecule has 0 spiro atoms. The number of alkyl halides is 2. The van der Waals surface area contributed by atoms with E-state index in [0.717, 1.165) is 17.1 Å². The van der Waals surface area contributed by atoms with Gasteiger partial charge >= 0.3 is 6.61 Å². The number of nitrogens with zero attached hydrogens (tertiary/aromatic N) is 2. The van der Waals surface area contributed by atoms with E-state index in [1.807, 2.05) is 6.92 Å². The average Bonchev–Trinajstić information content (AvgIpc) is 2.90. The van der Waals surface area contributed by atoms with Crippen LogP contribution in [0, 0.1) is 13.8 Å². The zero-order valence-corrected chi connectivity index (χ0v) is 16.3. The Morgan fingerprint density at radius 1 is 1.35 bits per heavy atom. The fourth-order valence-corrected chi connectivity index (χ4v) is 3.36. The molecule has 2 rings (SSSR count). The van der Waals surface area contributed by atoms with Crippen molar-refractivity contribution in [3.05, 3.63) is 44.4 Å². The van der Waals surface area contributed by atoms with Crippen LogP contribution in [-0.4, -0.2) is 31.1 Å². The first kappa shape index (κ1) is 20.4. The highest BCUT2D eigenvalue weighted by molar-refractivity contribution is 7.11. The zero-order valence-electron chi connectivity index (χ0n) is 14.8. The standard InChI is InChI=1S/C17H21ClF2N4OS/c1-10-11(2)26-15(24-10)6-7-22-17(21-3)23-9-12-8-13(18)4-5-14(12)25-16(19)20/h4-5,8,16H,6-7,9H2,1-3H3,(H2,21,22,23). The van der Waals surface area contributed by atoms with Gasteiger partial charge < -0.3 is 15.4 Å². The van der Waals surface area contributed by atoms with E-state index in [4.69, 9.17) is 11.6 Å². The lowest BCUT2D eigenvalue weighted by molar-refractivity contribution is -0.0504. The summed E-state index contributed by atoms with van der Waals surface area (Å²) < 4.78 is 29.5. The third-order valence-corrected chi connectivity index (χ3v) is 4.98. The Bertz CT molecular complexity index is 748. The molecule has 2 N–H and O–H groups in total. The lowest BCUT2D eigenvalue weighted by Crippen LogP contribution is -2.38. The summed E-state index contributed by atoms with van der Waals surface area (Å²) in [7, 11) is 1.64. The van der Waals surface area contributed by atoms with Gasteiger partial charge in [0, 0.05) is 42.0 Å². The maximum atomic E-state index is 12.5. The highest BCUT2D eigenvalue weighted by Crippen LogP contribution is 2.24. The number of halogens is 3. The minimum absolute atomic E-state index is 0.0843. The van der Waals surface area contributed by atoms with Crippen LogP contribution in [0.1, 0.15) is 21.1 Å². The number of aromatic nitrogens is 1. The Morgan fingerprint density at radius 3 is 2.73 bits per heavy atom. The van der Waals surface area contributed by atoms with Gasteiger partial charge in [-0.05, 0) is 32.0 Å². The van der Waals surface area contributed by atoms with Gasteiger partial charge in [-0.25, -0.2) is 4.98 Å². The van der Waals surface area contributed by atoms with E-state index in [1.165, 1.54) is 17.0 Å². The smallest absolute Gasteiger partial charge is 0.387 e. The van der Waals surface area contributed by atoms with E-state index in [1.54, 1.807) is 24.5 Å². The molecule has 0 atom stereocenters. The molecule has 0 saturated carbocycles. The summed E-state index contributed by atoms with van der Waals surface area (Å²) in [6.07, 6.45) is 0.775. The number of hydrogen-bond donors (Lipinski definition) is 2. The van der Waals surface area contributed by atoms with Gasteiger partial charge in [0.05, 0.1) is 10.7 Å². The van der Waals surface area contributed by atoms with Crippen LogP contribution in [0.15, 0.2) is 23.2 Å². The highest BCUT2D eigenvalue weighted by atomic mass is 35.5. The van der Waals surface area contributed by atoms with Crippen LogP contribution in [0.25, 0.3) is 0 Å². The van der Waals surface area contributed by atoms with Crippen LogP contribution < -0.4 is 15.4 Å². The van der Waals surface area contributed by atoms with Gasteiger partial charge in [-0.15, -0.1) is 11.3 Å². The van der Waals surface area contributed by atoms with Gasteiger partial charge in [0.1, 0.15) is 5.75 Å². The maximum Gasteiger partial charge on any atom is 0.387 e. The van der Waals surface area contributed by atoms with Crippen molar-refractivity contribution >= 4 is 28.9 Å². The number of aliphatic imine (C=N–C) groups is 1. The third-order valence-electron chi connectivity index (χ3n) is 3.61. The fourth-order valence-electron chi connectivity index (χ4n) is 2.23. The normalized spacial score (nSPS) is 11.7. The summed E-state index contributed by atoms with van der Waals surface area (Å²) in [6.45, 7) is 2.05. The molecular formula is C17H21ClF2N4OS. The molecule has 5 nitrogen and oxygen atoms in total. The first-order chi connectivity index (χ1) is 12.4. The summed E-state index contributed by atoms with van der Waals surface area (Å²) >= 11 is 7.63. The van der Waals surface area contributed by atoms with Gasteiger partial charge in [-0.1, -0.05) is 11.6 Å². The number of nitrogens with one attached hydrogen (secondary N) is 2. The van der Waals surface area contributed by atoms with Crippen molar-refractivity contribution in [3.63, 3.8) is 0 Å². The molecule has 142 valence electrons. The molecule has 0 amide bonds. The number of thiazole rings is 1. The largest absolute Gasteiger partial charge is 0.434 e. The van der Waals surface area contributed by atoms with Crippen molar-refractivity contribution in [1.29, 1.82) is 0 Å². The second-order valence-electron chi connectivity index (χ2n) is 5.48. The van der Waals surface area contributed by atoms with Crippen molar-refractivity contribution in [2.45, 2.75) is 33.4 Å². The minimum Gasteiger partial charge on any atom is -0.434 e. The number of aryl methyl sites for hydroxylation is 2. The van der Waals surface area contributed by atoms with Crippen molar-refractivity contribution < 1.29 is 13.5 Å². The van der Waals surface area contributed by atoms with Crippen molar-refractivity contribution in [2.24, 2.45) is 4.99 Å². The number of guanidine groups is 1. The molecule has 0 bridgehead atoms. The summed E-state index contributed by atoms with van der Waals surface area (Å²) in [5.74, 6) is 0.638. The third kappa shape index (κ3) is 6.10. The van der Waals surface area contributed by atoms with E-state index in [9.17, 15) is 8.78 Å². The second-order valence-corrected chi connectivity index (χ2v) is 7.21. The number of ether oxygens (including phenoxy) is 1. The molecule has 0 aliphatic heterocycles. The number of benzene rings is 1. The monoisotopic (exact) mass is 402 g/mol. The number of hydrogen-bond acceptors (Lipinski definition) is 4. The SMILES string of the molecule is CN=C(NCCc1nc(C)c(C)s1)NCc1cc(Cl)ccc1OC(F)F. The van der Waals surface area contributed by atoms with Crippen LogP contribution >= 0.6 is 22.9 Å². The van der Waals surface area contributed by atoms with Crippen molar-refractivity contribution in [3.8, 4) is 5.75 Å². The number of rotatable bonds is 7. The Kier molecular flexibility index (Phi) is 7.59. The Morgan fingerprint density at radius 2 is 2.12 bits per heavy atom. The Balaban J connectivity index is 1.89. The predicted octanol–water partition coefficient (Wildman–Crippen LogP) is 3.92. The first-order valence-corrected chi connectivity index (χ1v) is 9.19. The van der Waals surface area contributed by atoms with Crippen molar-refractivity contribution in [1.82, 2.24) is 15.6 Å². The molecule has 2 aromatic rings. The van der Waals surface area contributed by atoms with E-state index in [2.05, 4.69) is 32.3 Å². The summed E-state index contributed by atoms with van der Waals surface area (Å²) in [6, 6.07) is 4.52. The van der Waals surface area contributed by atoms with Crippen LogP contribution in [0.2, 0.25) is 5.02 Å². The van der Waals surface area contributed by atoms with Gasteiger partial charge in [-0.2, -0.15) is 8.78 Å². The summed E-state index contributed by atoms with van der Waals surface area (Å²) in [4.78, 5) is 9.83. The molecule has 1 heterocycles. The quantitative estimate of drug-likeness (QED) is 0.544. The molecule has 26 heavy (non-hydrogen) atoms. The van der Waals surface area contributed by atoms with Gasteiger partial charge in [-0.3, -0.25) is 4.99 Å². The van der Waals surface area contributed by atoms with Crippen LogP contribution in [0.4, 0.5) is 8.78 Å². The molecule has 1 aromatic heterocycles. The Labute approximate surface area is 160 Å². The highest BCUT2D eigenvalue weighted by Gasteiger charge is 2.11. The molecule has 0 saturated heterocycles. The molecule has 0 aliphatic carbocycles. The second kappa shape index (κ2) is 9.68. The van der Waals surface area contributed by atoms with E-state index >= 15 is 0 Å². The lowest BCUT2D eigenvalue weighted by Gasteiger charge is -2.14. The molecule has 0 aliphatic rings. The molecule has 0 radical (unpaired) electrons. The first-order valence-electron chi connectivity index (χ1n) is 7.99. The molecule has 9 heteroatoms. The van der Waals surface area contributed by atoms with E-state index in [0.29, 0.717) is 23.1 Å². The molecule has 0 fully saturated rings. The minimum atomic E-state index is -2.89. The van der Waals surface area contributed by atoms with E-state index < -0.39 is 6.61 Å². The molecule has 1 aromatic carbocycles. The molecule has 0 unspecified atom stereocenters. The van der Waals surface area contributed by atoms with Crippen LogP contribution in [0.3, 0.4) is 0 Å². The van der Waals surface area contributed by atoms with Gasteiger partial charge in [0.25, 0.3) is 0 Å². The fraction of sp³-hybridized carbons (Fsp3) is 0.412. The lowest BCUT2D eigenvalue weighted by atomic mass is 10.2. The topological polar surface area (TPSA) is 58.5 Å². The van der Waals surface area contributed by atoms with E-state index in [-0.39, 0.29) is 12.3 Å². The summed E-state index contributed by atoms with van der Waals surface area (Å²) in [5.41, 5.74) is 1.58. The van der Waals surface area contributed by atoms with Crippen LogP contribution in [0.5, 0.6) is 5.75 Å². The molecular weight excluding hydrogens is 382 g/mol.